The zero-order chi connectivity index (χ0) is 19.7. The van der Waals surface area contributed by atoms with Gasteiger partial charge in [0, 0.05) is 31.6 Å². The van der Waals surface area contributed by atoms with Crippen molar-refractivity contribution in [1.82, 2.24) is 15.5 Å². The van der Waals surface area contributed by atoms with Gasteiger partial charge in [-0.15, -0.1) is 0 Å². The molecule has 28 heavy (non-hydrogen) atoms. The Morgan fingerprint density at radius 1 is 1.07 bits per heavy atom. The van der Waals surface area contributed by atoms with Gasteiger partial charge in [0.15, 0.2) is 0 Å². The van der Waals surface area contributed by atoms with Gasteiger partial charge in [0.25, 0.3) is 0 Å². The molecule has 1 heterocycles. The predicted octanol–water partition coefficient (Wildman–Crippen LogP) is 1.35. The number of hydrogen-bond donors (Lipinski definition) is 3. The molecular weight excluding hydrogens is 362 g/mol. The second-order valence-corrected chi connectivity index (χ2v) is 9.26. The van der Waals surface area contributed by atoms with Crippen LogP contribution in [0.2, 0.25) is 0 Å². The number of carbonyl (C=O) groups excluding carboxylic acids is 2. The molecule has 4 bridgehead atoms. The molecule has 1 unspecified atom stereocenters. The summed E-state index contributed by atoms with van der Waals surface area (Å²) in [5.74, 6) is 1.31. The van der Waals surface area contributed by atoms with E-state index < -0.39 is 12.1 Å². The van der Waals surface area contributed by atoms with Gasteiger partial charge in [0.2, 0.25) is 5.91 Å². The molecule has 1 aliphatic heterocycles. The SMILES string of the molecule is O=C(O)CC1CN(C(=O)CCNC(=O)NC23CC4CC(CC(C4)C2)C3)CCO1. The molecule has 0 aromatic heterocycles. The molecule has 0 radical (unpaired) electrons. The molecule has 3 N–H and O–H groups in total. The average molecular weight is 393 g/mol. The van der Waals surface area contributed by atoms with Crippen LogP contribution in [0.15, 0.2) is 0 Å². The van der Waals surface area contributed by atoms with Crippen LogP contribution < -0.4 is 10.6 Å². The van der Waals surface area contributed by atoms with E-state index >= 15 is 0 Å². The van der Waals surface area contributed by atoms with E-state index in [0.29, 0.717) is 19.7 Å². The van der Waals surface area contributed by atoms with Crippen molar-refractivity contribution in [2.45, 2.75) is 63.0 Å². The van der Waals surface area contributed by atoms with Crippen molar-refractivity contribution in [1.29, 1.82) is 0 Å². The smallest absolute Gasteiger partial charge is 0.315 e. The van der Waals surface area contributed by atoms with Crippen LogP contribution in [0.3, 0.4) is 0 Å². The summed E-state index contributed by atoms with van der Waals surface area (Å²) in [4.78, 5) is 37.2. The highest BCUT2D eigenvalue weighted by Crippen LogP contribution is 2.55. The van der Waals surface area contributed by atoms with Crippen LogP contribution in [0, 0.1) is 17.8 Å². The number of urea groups is 1. The number of hydrogen-bond acceptors (Lipinski definition) is 4. The number of carboxylic acids is 1. The summed E-state index contributed by atoms with van der Waals surface area (Å²) in [5.41, 5.74) is -0.0307. The van der Waals surface area contributed by atoms with E-state index in [4.69, 9.17) is 9.84 Å². The first-order chi connectivity index (χ1) is 13.4. The second kappa shape index (κ2) is 7.89. The number of nitrogens with one attached hydrogen (secondary N) is 2. The van der Waals surface area contributed by atoms with Crippen LogP contribution in [0.5, 0.6) is 0 Å². The van der Waals surface area contributed by atoms with Gasteiger partial charge >= 0.3 is 12.0 Å². The van der Waals surface area contributed by atoms with Gasteiger partial charge in [-0.05, 0) is 56.3 Å². The summed E-state index contributed by atoms with van der Waals surface area (Å²) in [5, 5.41) is 15.0. The quantitative estimate of drug-likeness (QED) is 0.631. The molecule has 5 fully saturated rings. The molecule has 5 aliphatic rings. The van der Waals surface area contributed by atoms with Crippen molar-refractivity contribution in [3.63, 3.8) is 0 Å². The van der Waals surface area contributed by atoms with Gasteiger partial charge in [-0.2, -0.15) is 0 Å². The van der Waals surface area contributed by atoms with Crippen molar-refractivity contribution < 1.29 is 24.2 Å². The lowest BCUT2D eigenvalue weighted by atomic mass is 9.53. The van der Waals surface area contributed by atoms with Crippen LogP contribution in [0.4, 0.5) is 4.79 Å². The third-order valence-corrected chi connectivity index (χ3v) is 6.94. The lowest BCUT2D eigenvalue weighted by Crippen LogP contribution is -2.61. The summed E-state index contributed by atoms with van der Waals surface area (Å²) in [6.07, 6.45) is 6.96. The normalized spacial score (nSPS) is 36.2. The van der Waals surface area contributed by atoms with Crippen LogP contribution in [-0.2, 0) is 14.3 Å². The van der Waals surface area contributed by atoms with E-state index in [9.17, 15) is 14.4 Å². The monoisotopic (exact) mass is 393 g/mol. The maximum Gasteiger partial charge on any atom is 0.315 e. The fourth-order valence-corrected chi connectivity index (χ4v) is 6.25. The third kappa shape index (κ3) is 4.42. The number of carbonyl (C=O) groups is 3. The van der Waals surface area contributed by atoms with E-state index in [-0.39, 0.29) is 36.9 Å². The fraction of sp³-hybridized carbons (Fsp3) is 0.850. The first-order valence-electron chi connectivity index (χ1n) is 10.6. The molecule has 5 rings (SSSR count). The molecule has 8 nitrogen and oxygen atoms in total. The number of amides is 3. The minimum absolute atomic E-state index is 0.0307. The average Bonchev–Trinajstić information content (AvgIpc) is 2.59. The molecular formula is C20H31N3O5. The molecule has 4 aliphatic carbocycles. The first kappa shape index (κ1) is 19.5. The number of carboxylic acid groups (broad SMARTS) is 1. The number of nitrogens with zero attached hydrogens (tertiary/aromatic N) is 1. The standard InChI is InChI=1S/C20H31N3O5/c24-17(23-3-4-28-16(12-23)8-18(25)26)1-2-21-19(27)22-20-9-13-5-14(10-20)7-15(6-13)11-20/h13-16H,1-12H2,(H,25,26)(H2,21,22,27). The van der Waals surface area contributed by atoms with E-state index in [0.717, 1.165) is 37.0 Å². The van der Waals surface area contributed by atoms with Crippen LogP contribution >= 0.6 is 0 Å². The molecule has 0 aromatic carbocycles. The molecule has 8 heteroatoms. The summed E-state index contributed by atoms with van der Waals surface area (Å²) in [6, 6.07) is -0.166. The van der Waals surface area contributed by atoms with Crippen molar-refractivity contribution in [3.05, 3.63) is 0 Å². The number of rotatable bonds is 6. The topological polar surface area (TPSA) is 108 Å². The number of ether oxygens (including phenoxy) is 1. The first-order valence-corrected chi connectivity index (χ1v) is 10.6. The summed E-state index contributed by atoms with van der Waals surface area (Å²) in [6.45, 7) is 1.40. The Morgan fingerprint density at radius 3 is 2.32 bits per heavy atom. The van der Waals surface area contributed by atoms with Crippen LogP contribution in [0.1, 0.15) is 51.4 Å². The van der Waals surface area contributed by atoms with Crippen molar-refractivity contribution in [2.75, 3.05) is 26.2 Å². The highest BCUT2D eigenvalue weighted by Gasteiger charge is 2.51. The van der Waals surface area contributed by atoms with Crippen molar-refractivity contribution in [3.8, 4) is 0 Å². The highest BCUT2D eigenvalue weighted by atomic mass is 16.5. The zero-order valence-electron chi connectivity index (χ0n) is 16.3. The molecule has 1 atom stereocenters. The molecule has 4 saturated carbocycles. The Hall–Kier alpha value is -1.83. The van der Waals surface area contributed by atoms with Gasteiger partial charge < -0.3 is 25.4 Å². The summed E-state index contributed by atoms with van der Waals surface area (Å²) < 4.78 is 5.39. The highest BCUT2D eigenvalue weighted by molar-refractivity contribution is 5.79. The van der Waals surface area contributed by atoms with E-state index in [2.05, 4.69) is 10.6 Å². The Kier molecular flexibility index (Phi) is 5.49. The van der Waals surface area contributed by atoms with Gasteiger partial charge in [-0.25, -0.2) is 4.79 Å². The van der Waals surface area contributed by atoms with Gasteiger partial charge in [-0.1, -0.05) is 0 Å². The Labute approximate surface area is 165 Å². The van der Waals surface area contributed by atoms with Crippen LogP contribution in [-0.4, -0.2) is 65.8 Å². The lowest BCUT2D eigenvalue weighted by molar-refractivity contribution is -0.147. The number of aliphatic carboxylic acids is 1. The maximum absolute atomic E-state index is 12.4. The molecule has 0 aromatic rings. The molecule has 0 spiro atoms. The largest absolute Gasteiger partial charge is 0.481 e. The Bertz CT molecular complexity index is 602. The third-order valence-electron chi connectivity index (χ3n) is 6.94. The fourth-order valence-electron chi connectivity index (χ4n) is 6.25. The number of morpholine rings is 1. The van der Waals surface area contributed by atoms with E-state index in [1.807, 2.05) is 0 Å². The maximum atomic E-state index is 12.4. The van der Waals surface area contributed by atoms with E-state index in [1.165, 1.54) is 19.3 Å². The van der Waals surface area contributed by atoms with Gasteiger partial charge in [0.1, 0.15) is 0 Å². The van der Waals surface area contributed by atoms with Crippen molar-refractivity contribution in [2.24, 2.45) is 17.8 Å². The van der Waals surface area contributed by atoms with Gasteiger partial charge in [0.05, 0.1) is 19.1 Å². The Morgan fingerprint density at radius 2 is 1.71 bits per heavy atom. The van der Waals surface area contributed by atoms with Crippen LogP contribution in [0.25, 0.3) is 0 Å². The molecule has 156 valence electrons. The predicted molar refractivity (Wildman–Crippen MR) is 101 cm³/mol. The zero-order valence-corrected chi connectivity index (χ0v) is 16.3. The molecule has 1 saturated heterocycles. The molecule has 3 amide bonds. The summed E-state index contributed by atoms with van der Waals surface area (Å²) >= 11 is 0. The van der Waals surface area contributed by atoms with Crippen molar-refractivity contribution >= 4 is 17.9 Å². The Balaban J connectivity index is 1.19. The van der Waals surface area contributed by atoms with Gasteiger partial charge in [-0.3, -0.25) is 9.59 Å². The lowest BCUT2D eigenvalue weighted by Gasteiger charge is -2.56. The minimum atomic E-state index is -0.928. The van der Waals surface area contributed by atoms with E-state index in [1.54, 1.807) is 4.90 Å². The summed E-state index contributed by atoms with van der Waals surface area (Å²) in [7, 11) is 0. The minimum Gasteiger partial charge on any atom is -0.481 e. The second-order valence-electron chi connectivity index (χ2n) is 9.26.